The lowest BCUT2D eigenvalue weighted by atomic mass is 10.1. The van der Waals surface area contributed by atoms with Gasteiger partial charge in [0.25, 0.3) is 0 Å². The van der Waals surface area contributed by atoms with E-state index in [9.17, 15) is 0 Å². The first-order valence-corrected chi connectivity index (χ1v) is 11.7. The summed E-state index contributed by atoms with van der Waals surface area (Å²) in [7, 11) is 1.66. The fraction of sp³-hybridized carbons (Fsp3) is 0.136. The molecular weight excluding hydrogens is 457 g/mol. The van der Waals surface area contributed by atoms with Crippen LogP contribution >= 0.6 is 46.3 Å². The van der Waals surface area contributed by atoms with E-state index in [1.54, 1.807) is 36.4 Å². The zero-order valence-corrected chi connectivity index (χ0v) is 19.2. The van der Waals surface area contributed by atoms with Crippen LogP contribution in [0.3, 0.4) is 0 Å². The average Bonchev–Trinajstić information content (AvgIpc) is 3.22. The van der Waals surface area contributed by atoms with E-state index in [2.05, 4.69) is 15.3 Å². The third-order valence-electron chi connectivity index (χ3n) is 4.31. The van der Waals surface area contributed by atoms with Crippen molar-refractivity contribution in [3.8, 4) is 17.0 Å². The van der Waals surface area contributed by atoms with Crippen molar-refractivity contribution in [2.24, 2.45) is 0 Å². The van der Waals surface area contributed by atoms with Crippen molar-refractivity contribution in [1.29, 1.82) is 0 Å². The number of nitrogens with zero attached hydrogens (tertiary/aromatic N) is 3. The number of methoxy groups -OCH3 is 1. The highest BCUT2D eigenvalue weighted by Gasteiger charge is 2.08. The van der Waals surface area contributed by atoms with E-state index < -0.39 is 0 Å². The van der Waals surface area contributed by atoms with Crippen LogP contribution in [0.25, 0.3) is 11.3 Å². The van der Waals surface area contributed by atoms with Crippen molar-refractivity contribution in [3.63, 3.8) is 0 Å². The summed E-state index contributed by atoms with van der Waals surface area (Å²) in [5, 5.41) is 4.97. The normalized spacial score (nSPS) is 10.9. The largest absolute Gasteiger partial charge is 0.497 e. The van der Waals surface area contributed by atoms with Crippen LogP contribution in [0.15, 0.2) is 65.3 Å². The molecule has 2 aromatic carbocycles. The van der Waals surface area contributed by atoms with Crippen LogP contribution in [0.1, 0.15) is 16.3 Å². The monoisotopic (exact) mass is 473 g/mol. The van der Waals surface area contributed by atoms with E-state index in [1.807, 2.05) is 48.5 Å². The second kappa shape index (κ2) is 9.79. The van der Waals surface area contributed by atoms with Gasteiger partial charge >= 0.3 is 0 Å². The number of halogens is 2. The SMILES string of the molecule is COc1ccc(-c2ccnc(SCc3csc(Cc4ccc(Cl)c(Cl)c4)n3)n2)cc1. The first-order valence-electron chi connectivity index (χ1n) is 9.08. The van der Waals surface area contributed by atoms with E-state index in [4.69, 9.17) is 32.9 Å². The minimum absolute atomic E-state index is 0.563. The van der Waals surface area contributed by atoms with E-state index in [0.717, 1.165) is 44.8 Å². The molecule has 0 aliphatic carbocycles. The summed E-state index contributed by atoms with van der Waals surface area (Å²) in [5.74, 6) is 1.53. The molecule has 0 amide bonds. The predicted molar refractivity (Wildman–Crippen MR) is 125 cm³/mol. The fourth-order valence-electron chi connectivity index (χ4n) is 2.79. The average molecular weight is 474 g/mol. The van der Waals surface area contributed by atoms with Crippen LogP contribution < -0.4 is 4.74 Å². The molecule has 0 aliphatic rings. The molecule has 0 saturated heterocycles. The number of ether oxygens (including phenoxy) is 1. The minimum Gasteiger partial charge on any atom is -0.497 e. The second-order valence-electron chi connectivity index (χ2n) is 6.40. The lowest BCUT2D eigenvalue weighted by molar-refractivity contribution is 0.415. The number of thioether (sulfide) groups is 1. The van der Waals surface area contributed by atoms with Crippen molar-refractivity contribution in [1.82, 2.24) is 15.0 Å². The third-order valence-corrected chi connectivity index (χ3v) is 6.84. The van der Waals surface area contributed by atoms with Crippen molar-refractivity contribution >= 4 is 46.3 Å². The molecule has 4 aromatic rings. The Kier molecular flexibility index (Phi) is 6.89. The Morgan fingerprint density at radius 2 is 1.83 bits per heavy atom. The summed E-state index contributed by atoms with van der Waals surface area (Å²) in [6.07, 6.45) is 2.52. The van der Waals surface area contributed by atoms with Gasteiger partial charge in [-0.2, -0.15) is 0 Å². The van der Waals surface area contributed by atoms with Gasteiger partial charge in [0, 0.05) is 29.3 Å². The van der Waals surface area contributed by atoms with Gasteiger partial charge in [0.05, 0.1) is 33.6 Å². The molecule has 8 heteroatoms. The highest BCUT2D eigenvalue weighted by atomic mass is 35.5. The molecule has 0 saturated carbocycles. The molecule has 0 spiro atoms. The van der Waals surface area contributed by atoms with Crippen LogP contribution in [0.4, 0.5) is 0 Å². The predicted octanol–water partition coefficient (Wildman–Crippen LogP) is 6.80. The van der Waals surface area contributed by atoms with Gasteiger partial charge in [0.1, 0.15) is 5.75 Å². The molecule has 4 rings (SSSR count). The number of rotatable bonds is 7. The Morgan fingerprint density at radius 1 is 1.00 bits per heavy atom. The summed E-state index contributed by atoms with van der Waals surface area (Å²) < 4.78 is 5.21. The standard InChI is InChI=1S/C22H17Cl2N3OS2/c1-28-17-5-3-15(4-6-17)20-8-9-25-22(27-20)30-13-16-12-29-21(26-16)11-14-2-7-18(23)19(24)10-14/h2-10,12H,11,13H2,1H3. The van der Waals surface area contributed by atoms with E-state index in [0.29, 0.717) is 15.8 Å². The quantitative estimate of drug-likeness (QED) is 0.218. The third kappa shape index (κ3) is 5.32. The Balaban J connectivity index is 1.39. The van der Waals surface area contributed by atoms with Crippen molar-refractivity contribution < 1.29 is 4.74 Å². The number of benzene rings is 2. The van der Waals surface area contributed by atoms with Gasteiger partial charge in [0.15, 0.2) is 5.16 Å². The Morgan fingerprint density at radius 3 is 2.60 bits per heavy atom. The Hall–Kier alpha value is -2.12. The van der Waals surface area contributed by atoms with E-state index >= 15 is 0 Å². The highest BCUT2D eigenvalue weighted by molar-refractivity contribution is 7.98. The van der Waals surface area contributed by atoms with Gasteiger partial charge in [-0.15, -0.1) is 11.3 Å². The zero-order valence-electron chi connectivity index (χ0n) is 16.0. The van der Waals surface area contributed by atoms with Crippen LogP contribution in [-0.2, 0) is 12.2 Å². The molecule has 0 unspecified atom stereocenters. The first kappa shape index (κ1) is 21.1. The molecule has 2 heterocycles. The maximum atomic E-state index is 6.10. The molecule has 0 bridgehead atoms. The number of aromatic nitrogens is 3. The van der Waals surface area contributed by atoms with Crippen molar-refractivity contribution in [2.75, 3.05) is 7.11 Å². The highest BCUT2D eigenvalue weighted by Crippen LogP contribution is 2.27. The molecule has 4 nitrogen and oxygen atoms in total. The van der Waals surface area contributed by atoms with Gasteiger partial charge < -0.3 is 4.74 Å². The van der Waals surface area contributed by atoms with Crippen LogP contribution in [-0.4, -0.2) is 22.1 Å². The van der Waals surface area contributed by atoms with Gasteiger partial charge in [-0.1, -0.05) is 41.0 Å². The maximum Gasteiger partial charge on any atom is 0.188 e. The number of thiazole rings is 1. The molecule has 0 radical (unpaired) electrons. The second-order valence-corrected chi connectivity index (χ2v) is 9.10. The molecule has 0 aliphatic heterocycles. The van der Waals surface area contributed by atoms with Crippen molar-refractivity contribution in [2.45, 2.75) is 17.3 Å². The number of hydrogen-bond donors (Lipinski definition) is 0. The maximum absolute atomic E-state index is 6.10. The smallest absolute Gasteiger partial charge is 0.188 e. The van der Waals surface area contributed by atoms with Gasteiger partial charge in [-0.3, -0.25) is 0 Å². The number of hydrogen-bond acceptors (Lipinski definition) is 6. The fourth-order valence-corrected chi connectivity index (χ4v) is 4.77. The lowest BCUT2D eigenvalue weighted by Gasteiger charge is -2.04. The van der Waals surface area contributed by atoms with Gasteiger partial charge in [-0.25, -0.2) is 15.0 Å². The minimum atomic E-state index is 0.563. The first-order chi connectivity index (χ1) is 14.6. The Labute approximate surface area is 193 Å². The van der Waals surface area contributed by atoms with E-state index in [1.165, 1.54) is 0 Å². The lowest BCUT2D eigenvalue weighted by Crippen LogP contribution is -1.92. The topological polar surface area (TPSA) is 47.9 Å². The molecule has 152 valence electrons. The van der Waals surface area contributed by atoms with Crippen molar-refractivity contribution in [3.05, 3.63) is 86.4 Å². The summed E-state index contributed by atoms with van der Waals surface area (Å²) in [4.78, 5) is 13.8. The molecule has 0 atom stereocenters. The van der Waals surface area contributed by atoms with Crippen LogP contribution in [0, 0.1) is 0 Å². The summed E-state index contributed by atoms with van der Waals surface area (Å²) in [6.45, 7) is 0. The van der Waals surface area contributed by atoms with Crippen LogP contribution in [0.5, 0.6) is 5.75 Å². The molecule has 0 N–H and O–H groups in total. The molecule has 30 heavy (non-hydrogen) atoms. The summed E-state index contributed by atoms with van der Waals surface area (Å²) >= 11 is 15.3. The molecule has 2 aromatic heterocycles. The van der Waals surface area contributed by atoms with Crippen LogP contribution in [0.2, 0.25) is 10.0 Å². The van der Waals surface area contributed by atoms with Gasteiger partial charge in [-0.05, 0) is 48.0 Å². The molecular formula is C22H17Cl2N3OS2. The summed E-state index contributed by atoms with van der Waals surface area (Å²) in [6, 6.07) is 15.4. The summed E-state index contributed by atoms with van der Waals surface area (Å²) in [5.41, 5.74) is 4.01. The zero-order chi connectivity index (χ0) is 20.9. The van der Waals surface area contributed by atoms with Gasteiger partial charge in [0.2, 0.25) is 0 Å². The molecule has 0 fully saturated rings. The van der Waals surface area contributed by atoms with E-state index in [-0.39, 0.29) is 0 Å². The Bertz CT molecular complexity index is 1150.